The first-order valence-corrected chi connectivity index (χ1v) is 8.29. The first-order chi connectivity index (χ1) is 9.49. The Morgan fingerprint density at radius 3 is 2.85 bits per heavy atom. The quantitative estimate of drug-likeness (QED) is 0.539. The van der Waals surface area contributed by atoms with Crippen molar-refractivity contribution in [1.82, 2.24) is 14.7 Å². The molecule has 1 aromatic carbocycles. The number of H-pyrrole nitrogens is 1. The maximum atomic E-state index is 12.1. The van der Waals surface area contributed by atoms with Crippen LogP contribution in [0.1, 0.15) is 12.2 Å². The monoisotopic (exact) mass is 358 g/mol. The molecule has 0 aliphatic carbocycles. The van der Waals surface area contributed by atoms with Gasteiger partial charge in [-0.15, -0.1) is 0 Å². The number of hydrogen-bond acceptors (Lipinski definition) is 4. The predicted molar refractivity (Wildman–Crippen MR) is 80.7 cm³/mol. The number of nitrogens with zero attached hydrogens (tertiary/aromatic N) is 1. The predicted octanol–water partition coefficient (Wildman–Crippen LogP) is 1.67. The molecule has 0 aliphatic heterocycles. The largest absolute Gasteiger partial charge is 0.398 e. The van der Waals surface area contributed by atoms with Crippen LogP contribution in [0.5, 0.6) is 0 Å². The van der Waals surface area contributed by atoms with Gasteiger partial charge in [-0.3, -0.25) is 0 Å². The molecule has 1 aromatic heterocycles. The van der Waals surface area contributed by atoms with Crippen LogP contribution in [0, 0.1) is 0 Å². The van der Waals surface area contributed by atoms with E-state index in [1.165, 1.54) is 12.1 Å². The van der Waals surface area contributed by atoms with Gasteiger partial charge in [0.15, 0.2) is 0 Å². The summed E-state index contributed by atoms with van der Waals surface area (Å²) >= 11 is 3.22. The molecule has 0 bridgehead atoms. The third-order valence-electron chi connectivity index (χ3n) is 2.72. The highest BCUT2D eigenvalue weighted by molar-refractivity contribution is 9.10. The first kappa shape index (κ1) is 15.0. The van der Waals surface area contributed by atoms with Gasteiger partial charge in [0.2, 0.25) is 10.0 Å². The van der Waals surface area contributed by atoms with Crippen LogP contribution in [-0.2, 0) is 16.4 Å². The molecule has 6 nitrogen and oxygen atoms in total. The van der Waals surface area contributed by atoms with Crippen molar-refractivity contribution in [3.8, 4) is 0 Å². The molecule has 20 heavy (non-hydrogen) atoms. The van der Waals surface area contributed by atoms with Crippen molar-refractivity contribution in [1.29, 1.82) is 0 Å². The molecule has 0 aliphatic rings. The van der Waals surface area contributed by atoms with E-state index in [9.17, 15) is 8.42 Å². The molecule has 0 unspecified atom stereocenters. The number of aromatic nitrogens is 2. The number of rotatable bonds is 6. The third kappa shape index (κ3) is 3.81. The Morgan fingerprint density at radius 2 is 2.20 bits per heavy atom. The number of halogens is 1. The Hall–Kier alpha value is -1.38. The number of benzene rings is 1. The maximum Gasteiger partial charge on any atom is 0.240 e. The summed E-state index contributed by atoms with van der Waals surface area (Å²) in [6.45, 7) is 0.352. The lowest BCUT2D eigenvalue weighted by Crippen LogP contribution is -2.25. The van der Waals surface area contributed by atoms with Crippen LogP contribution < -0.4 is 10.5 Å². The SMILES string of the molecule is Nc1ccc(S(=O)(=O)NCCCc2ncc[nH]2)cc1Br. The molecule has 1 heterocycles. The summed E-state index contributed by atoms with van der Waals surface area (Å²) in [7, 11) is -3.51. The summed E-state index contributed by atoms with van der Waals surface area (Å²) in [5.41, 5.74) is 6.14. The van der Waals surface area contributed by atoms with E-state index >= 15 is 0 Å². The fourth-order valence-electron chi connectivity index (χ4n) is 1.66. The van der Waals surface area contributed by atoms with Crippen LogP contribution in [0.4, 0.5) is 5.69 Å². The van der Waals surface area contributed by atoms with Crippen LogP contribution >= 0.6 is 15.9 Å². The van der Waals surface area contributed by atoms with Crippen LogP contribution in [0.2, 0.25) is 0 Å². The molecule has 0 spiro atoms. The first-order valence-electron chi connectivity index (χ1n) is 6.02. The average Bonchev–Trinajstić information content (AvgIpc) is 2.91. The van der Waals surface area contributed by atoms with Gasteiger partial charge in [0, 0.05) is 35.5 Å². The smallest absolute Gasteiger partial charge is 0.240 e. The molecule has 0 radical (unpaired) electrons. The number of aromatic amines is 1. The molecular formula is C12H15BrN4O2S. The average molecular weight is 359 g/mol. The van der Waals surface area contributed by atoms with E-state index in [1.54, 1.807) is 18.5 Å². The fraction of sp³-hybridized carbons (Fsp3) is 0.250. The second-order valence-electron chi connectivity index (χ2n) is 4.22. The van der Waals surface area contributed by atoms with E-state index in [4.69, 9.17) is 5.73 Å². The molecule has 4 N–H and O–H groups in total. The Bertz CT molecular complexity index is 671. The van der Waals surface area contributed by atoms with E-state index in [1.807, 2.05) is 0 Å². The molecule has 0 amide bonds. The van der Waals surface area contributed by atoms with Gasteiger partial charge in [-0.2, -0.15) is 0 Å². The zero-order valence-corrected chi connectivity index (χ0v) is 13.0. The van der Waals surface area contributed by atoms with Crippen molar-refractivity contribution in [2.45, 2.75) is 17.7 Å². The van der Waals surface area contributed by atoms with Crippen LogP contribution in [0.25, 0.3) is 0 Å². The summed E-state index contributed by atoms with van der Waals surface area (Å²) in [4.78, 5) is 7.24. The normalized spacial score (nSPS) is 11.7. The van der Waals surface area contributed by atoms with Gasteiger partial charge in [0.25, 0.3) is 0 Å². The molecule has 8 heteroatoms. The number of imidazole rings is 1. The highest BCUT2D eigenvalue weighted by atomic mass is 79.9. The highest BCUT2D eigenvalue weighted by Crippen LogP contribution is 2.22. The lowest BCUT2D eigenvalue weighted by atomic mass is 10.3. The van der Waals surface area contributed by atoms with Crippen molar-refractivity contribution < 1.29 is 8.42 Å². The van der Waals surface area contributed by atoms with E-state index in [0.29, 0.717) is 29.5 Å². The van der Waals surface area contributed by atoms with Gasteiger partial charge in [0.05, 0.1) is 4.90 Å². The molecule has 2 rings (SSSR count). The molecule has 0 saturated heterocycles. The number of nitrogens with one attached hydrogen (secondary N) is 2. The van der Waals surface area contributed by atoms with E-state index in [2.05, 4.69) is 30.6 Å². The van der Waals surface area contributed by atoms with Crippen LogP contribution in [0.3, 0.4) is 0 Å². The lowest BCUT2D eigenvalue weighted by Gasteiger charge is -2.07. The Kier molecular flexibility index (Phi) is 4.79. The Balaban J connectivity index is 1.92. The van der Waals surface area contributed by atoms with E-state index in [-0.39, 0.29) is 4.90 Å². The second-order valence-corrected chi connectivity index (χ2v) is 6.84. The summed E-state index contributed by atoms with van der Waals surface area (Å²) < 4.78 is 27.2. The van der Waals surface area contributed by atoms with Gasteiger partial charge in [-0.1, -0.05) is 0 Å². The van der Waals surface area contributed by atoms with Crippen molar-refractivity contribution in [3.05, 3.63) is 40.9 Å². The Labute approximate surface area is 126 Å². The minimum Gasteiger partial charge on any atom is -0.398 e. The maximum absolute atomic E-state index is 12.1. The number of nitrogens with two attached hydrogens (primary N) is 1. The molecule has 2 aromatic rings. The minimum absolute atomic E-state index is 0.191. The van der Waals surface area contributed by atoms with Gasteiger partial charge in [0.1, 0.15) is 5.82 Å². The number of hydrogen-bond donors (Lipinski definition) is 3. The standard InChI is InChI=1S/C12H15BrN4O2S/c13-10-8-9(3-4-11(10)14)20(18,19)17-5-1-2-12-15-6-7-16-12/h3-4,6-8,17H,1-2,5,14H2,(H,15,16). The van der Waals surface area contributed by atoms with Crippen molar-refractivity contribution in [2.24, 2.45) is 0 Å². The van der Waals surface area contributed by atoms with E-state index in [0.717, 1.165) is 5.82 Å². The molecule has 0 saturated carbocycles. The molecular weight excluding hydrogens is 344 g/mol. The summed E-state index contributed by atoms with van der Waals surface area (Å²) in [5.74, 6) is 0.847. The third-order valence-corrected chi connectivity index (χ3v) is 4.86. The van der Waals surface area contributed by atoms with Crippen molar-refractivity contribution in [3.63, 3.8) is 0 Å². The Morgan fingerprint density at radius 1 is 1.40 bits per heavy atom. The summed E-state index contributed by atoms with van der Waals surface area (Å²) in [6.07, 6.45) is 4.78. The zero-order valence-electron chi connectivity index (χ0n) is 10.6. The van der Waals surface area contributed by atoms with Crippen LogP contribution in [-0.4, -0.2) is 24.9 Å². The fourth-order valence-corrected chi connectivity index (χ4v) is 3.29. The van der Waals surface area contributed by atoms with Crippen molar-refractivity contribution in [2.75, 3.05) is 12.3 Å². The van der Waals surface area contributed by atoms with Crippen LogP contribution in [0.15, 0.2) is 40.0 Å². The summed E-state index contributed by atoms with van der Waals surface area (Å²) in [6, 6.07) is 4.53. The van der Waals surface area contributed by atoms with Gasteiger partial charge >= 0.3 is 0 Å². The number of nitrogen functional groups attached to an aromatic ring is 1. The van der Waals surface area contributed by atoms with Crippen molar-refractivity contribution >= 4 is 31.6 Å². The topological polar surface area (TPSA) is 101 Å². The molecule has 0 atom stereocenters. The van der Waals surface area contributed by atoms with Gasteiger partial charge < -0.3 is 10.7 Å². The number of aryl methyl sites for hydroxylation is 1. The minimum atomic E-state index is -3.51. The number of sulfonamides is 1. The summed E-state index contributed by atoms with van der Waals surface area (Å²) in [5, 5.41) is 0. The van der Waals surface area contributed by atoms with Gasteiger partial charge in [-0.05, 0) is 40.5 Å². The second kappa shape index (κ2) is 6.38. The lowest BCUT2D eigenvalue weighted by molar-refractivity contribution is 0.578. The van der Waals surface area contributed by atoms with Gasteiger partial charge in [-0.25, -0.2) is 18.1 Å². The molecule has 0 fully saturated rings. The van der Waals surface area contributed by atoms with E-state index < -0.39 is 10.0 Å². The molecule has 108 valence electrons. The zero-order chi connectivity index (χ0) is 14.6. The highest BCUT2D eigenvalue weighted by Gasteiger charge is 2.14. The number of anilines is 1.